The number of carbonyl (C=O) groups is 1. The molecular formula is C14H17BrClN3O2. The van der Waals surface area contributed by atoms with Crippen LogP contribution in [-0.4, -0.2) is 42.4 Å². The first kappa shape index (κ1) is 16.4. The Hall–Kier alpha value is -0.980. The zero-order valence-corrected chi connectivity index (χ0v) is 14.1. The molecular weight excluding hydrogens is 358 g/mol. The van der Waals surface area contributed by atoms with Gasteiger partial charge >= 0.3 is 0 Å². The van der Waals surface area contributed by atoms with Gasteiger partial charge in [0.05, 0.1) is 12.6 Å². The molecule has 1 aliphatic rings. The van der Waals surface area contributed by atoms with Crippen LogP contribution >= 0.6 is 27.5 Å². The summed E-state index contributed by atoms with van der Waals surface area (Å²) in [6.07, 6.45) is 2.13. The summed E-state index contributed by atoms with van der Waals surface area (Å²) < 4.78 is 6.15. The van der Waals surface area contributed by atoms with Crippen molar-refractivity contribution < 1.29 is 9.53 Å². The van der Waals surface area contributed by atoms with Crippen molar-refractivity contribution in [1.82, 2.24) is 10.3 Å². The zero-order chi connectivity index (χ0) is 15.2. The highest BCUT2D eigenvalue weighted by Gasteiger charge is 2.23. The van der Waals surface area contributed by atoms with Crippen LogP contribution in [0.25, 0.3) is 0 Å². The molecule has 0 radical (unpaired) electrons. The highest BCUT2D eigenvalue weighted by molar-refractivity contribution is 9.10. The predicted molar refractivity (Wildman–Crippen MR) is 86.0 cm³/mol. The number of unbranched alkanes of at least 4 members (excludes halogenated alkanes) is 1. The van der Waals surface area contributed by atoms with Crippen LogP contribution in [0.5, 0.6) is 0 Å². The van der Waals surface area contributed by atoms with E-state index in [0.717, 1.165) is 19.4 Å². The van der Waals surface area contributed by atoms with E-state index in [1.165, 1.54) is 0 Å². The van der Waals surface area contributed by atoms with Crippen molar-refractivity contribution in [3.8, 4) is 0 Å². The lowest BCUT2D eigenvalue weighted by Crippen LogP contribution is -2.44. The molecule has 0 fully saturated rings. The van der Waals surface area contributed by atoms with Gasteiger partial charge in [-0.3, -0.25) is 9.79 Å². The Kier molecular flexibility index (Phi) is 6.14. The minimum Gasteiger partial charge on any atom is -0.379 e. The largest absolute Gasteiger partial charge is 0.379 e. The van der Waals surface area contributed by atoms with Gasteiger partial charge in [0.1, 0.15) is 15.5 Å². The van der Waals surface area contributed by atoms with Crippen LogP contribution in [0.15, 0.2) is 21.7 Å². The normalized spacial score (nSPS) is 18.3. The SMILES string of the molecule is CCCCOCC1CNC(=O)C(c2cc(Cl)nc(Br)c2)=N1. The van der Waals surface area contributed by atoms with Gasteiger partial charge in [0.25, 0.3) is 5.91 Å². The molecule has 0 aliphatic carbocycles. The number of halogens is 2. The van der Waals surface area contributed by atoms with Crippen LogP contribution in [0.4, 0.5) is 0 Å². The maximum atomic E-state index is 12.0. The Balaban J connectivity index is 2.11. The lowest BCUT2D eigenvalue weighted by Gasteiger charge is -2.21. The minimum absolute atomic E-state index is 0.0692. The minimum atomic E-state index is -0.200. The lowest BCUT2D eigenvalue weighted by atomic mass is 10.1. The first-order valence-corrected chi connectivity index (χ1v) is 8.04. The molecule has 7 heteroatoms. The molecule has 1 atom stereocenters. The molecule has 1 aliphatic heterocycles. The van der Waals surface area contributed by atoms with Crippen molar-refractivity contribution in [2.24, 2.45) is 4.99 Å². The van der Waals surface area contributed by atoms with Crippen LogP contribution in [0, 0.1) is 0 Å². The van der Waals surface area contributed by atoms with Gasteiger partial charge in [0, 0.05) is 18.7 Å². The topological polar surface area (TPSA) is 63.6 Å². The maximum Gasteiger partial charge on any atom is 0.270 e. The number of hydrogen-bond acceptors (Lipinski definition) is 4. The van der Waals surface area contributed by atoms with E-state index in [0.29, 0.717) is 34.2 Å². The summed E-state index contributed by atoms with van der Waals surface area (Å²) in [5, 5.41) is 3.15. The monoisotopic (exact) mass is 373 g/mol. The van der Waals surface area contributed by atoms with Gasteiger partial charge in [-0.05, 0) is 34.5 Å². The van der Waals surface area contributed by atoms with Crippen LogP contribution in [0.2, 0.25) is 5.15 Å². The van der Waals surface area contributed by atoms with Gasteiger partial charge in [-0.2, -0.15) is 0 Å². The summed E-state index contributed by atoms with van der Waals surface area (Å²) in [6, 6.07) is 3.29. The summed E-state index contributed by atoms with van der Waals surface area (Å²) in [7, 11) is 0. The molecule has 1 aromatic heterocycles. The lowest BCUT2D eigenvalue weighted by molar-refractivity contribution is -0.115. The van der Waals surface area contributed by atoms with E-state index in [9.17, 15) is 4.79 Å². The number of nitrogens with zero attached hydrogens (tertiary/aromatic N) is 2. The van der Waals surface area contributed by atoms with Crippen LogP contribution in [0.1, 0.15) is 25.3 Å². The highest BCUT2D eigenvalue weighted by Crippen LogP contribution is 2.17. The van der Waals surface area contributed by atoms with E-state index in [2.05, 4.69) is 38.1 Å². The van der Waals surface area contributed by atoms with Crippen molar-refractivity contribution >= 4 is 39.1 Å². The van der Waals surface area contributed by atoms with Crippen molar-refractivity contribution in [3.63, 3.8) is 0 Å². The quantitative estimate of drug-likeness (QED) is 0.615. The van der Waals surface area contributed by atoms with Crippen molar-refractivity contribution in [1.29, 1.82) is 0 Å². The Labute approximate surface area is 137 Å². The van der Waals surface area contributed by atoms with Crippen LogP contribution in [0.3, 0.4) is 0 Å². The summed E-state index contributed by atoms with van der Waals surface area (Å²) in [5.41, 5.74) is 1.02. The van der Waals surface area contributed by atoms with Gasteiger partial charge < -0.3 is 10.1 Å². The molecule has 5 nitrogen and oxygen atoms in total. The fourth-order valence-electron chi connectivity index (χ4n) is 1.95. The van der Waals surface area contributed by atoms with Gasteiger partial charge in [-0.15, -0.1) is 0 Å². The third-order valence-electron chi connectivity index (χ3n) is 3.01. The van der Waals surface area contributed by atoms with E-state index in [4.69, 9.17) is 16.3 Å². The fourth-order valence-corrected chi connectivity index (χ4v) is 2.70. The molecule has 114 valence electrons. The average Bonchev–Trinajstić information content (AvgIpc) is 2.44. The number of pyridine rings is 1. The number of amides is 1. The van der Waals surface area contributed by atoms with E-state index in [1.807, 2.05) is 0 Å². The van der Waals surface area contributed by atoms with Gasteiger partial charge in [0.2, 0.25) is 0 Å². The zero-order valence-electron chi connectivity index (χ0n) is 11.7. The highest BCUT2D eigenvalue weighted by atomic mass is 79.9. The van der Waals surface area contributed by atoms with Gasteiger partial charge in [-0.1, -0.05) is 24.9 Å². The standard InChI is InChI=1S/C14H17BrClN3O2/c1-2-3-4-21-8-10-7-17-14(20)13(18-10)9-5-11(15)19-12(16)6-9/h5-6,10H,2-4,7-8H2,1H3,(H,17,20). The first-order chi connectivity index (χ1) is 10.1. The van der Waals surface area contributed by atoms with Crippen molar-refractivity contribution in [3.05, 3.63) is 27.5 Å². The van der Waals surface area contributed by atoms with Gasteiger partial charge in [0.15, 0.2) is 0 Å². The second-order valence-electron chi connectivity index (χ2n) is 4.77. The van der Waals surface area contributed by atoms with E-state index < -0.39 is 0 Å². The second kappa shape index (κ2) is 7.87. The number of aromatic nitrogens is 1. The van der Waals surface area contributed by atoms with Crippen LogP contribution < -0.4 is 5.32 Å². The molecule has 1 aromatic rings. The third-order valence-corrected chi connectivity index (χ3v) is 3.61. The molecule has 0 bridgehead atoms. The average molecular weight is 375 g/mol. The number of ether oxygens (including phenoxy) is 1. The molecule has 2 heterocycles. The molecule has 0 aromatic carbocycles. The molecule has 0 saturated carbocycles. The number of hydrogen-bond donors (Lipinski definition) is 1. The summed E-state index contributed by atoms with van der Waals surface area (Å²) in [4.78, 5) is 20.5. The molecule has 0 saturated heterocycles. The Morgan fingerprint density at radius 1 is 1.52 bits per heavy atom. The van der Waals surface area contributed by atoms with E-state index in [-0.39, 0.29) is 11.9 Å². The number of aliphatic imine (C=N–C) groups is 1. The number of rotatable bonds is 6. The Bertz CT molecular complexity index is 531. The molecule has 21 heavy (non-hydrogen) atoms. The maximum absolute atomic E-state index is 12.0. The van der Waals surface area contributed by atoms with E-state index >= 15 is 0 Å². The smallest absolute Gasteiger partial charge is 0.270 e. The summed E-state index contributed by atoms with van der Waals surface area (Å²) in [5.74, 6) is -0.200. The molecule has 1 N–H and O–H groups in total. The number of nitrogens with one attached hydrogen (secondary N) is 1. The number of carbonyl (C=O) groups excluding carboxylic acids is 1. The fraction of sp³-hybridized carbons (Fsp3) is 0.500. The first-order valence-electron chi connectivity index (χ1n) is 6.87. The van der Waals surface area contributed by atoms with Gasteiger partial charge in [-0.25, -0.2) is 4.98 Å². The molecule has 2 rings (SSSR count). The molecule has 1 amide bonds. The summed E-state index contributed by atoms with van der Waals surface area (Å²) in [6.45, 7) is 3.84. The Morgan fingerprint density at radius 3 is 3.05 bits per heavy atom. The second-order valence-corrected chi connectivity index (χ2v) is 5.97. The van der Waals surface area contributed by atoms with Crippen LogP contribution in [-0.2, 0) is 9.53 Å². The summed E-state index contributed by atoms with van der Waals surface area (Å²) >= 11 is 9.19. The Morgan fingerprint density at radius 2 is 2.33 bits per heavy atom. The predicted octanol–water partition coefficient (Wildman–Crippen LogP) is 2.60. The van der Waals surface area contributed by atoms with E-state index in [1.54, 1.807) is 12.1 Å². The van der Waals surface area contributed by atoms with Crippen molar-refractivity contribution in [2.75, 3.05) is 19.8 Å². The molecule has 1 unspecified atom stereocenters. The van der Waals surface area contributed by atoms with Crippen molar-refractivity contribution in [2.45, 2.75) is 25.8 Å². The third kappa shape index (κ3) is 4.76. The molecule has 0 spiro atoms.